The Morgan fingerprint density at radius 1 is 1.22 bits per heavy atom. The molecule has 106 valence electrons. The molecule has 0 rings (SSSR count). The summed E-state index contributed by atoms with van der Waals surface area (Å²) in [5.41, 5.74) is 0. The van der Waals surface area contributed by atoms with Gasteiger partial charge in [0, 0.05) is 20.0 Å². The molecule has 0 fully saturated rings. The topological polar surface area (TPSA) is 91.8 Å². The summed E-state index contributed by atoms with van der Waals surface area (Å²) in [6.07, 6.45) is 1.62. The van der Waals surface area contributed by atoms with Gasteiger partial charge in [0.05, 0.1) is 5.75 Å². The maximum atomic E-state index is 11.6. The molecule has 1 N–H and O–H groups in total. The summed E-state index contributed by atoms with van der Waals surface area (Å²) in [5, 5.41) is 8.41. The molecule has 0 atom stereocenters. The van der Waals surface area contributed by atoms with Crippen LogP contribution in [-0.2, 0) is 19.4 Å². The van der Waals surface area contributed by atoms with Crippen molar-refractivity contribution in [2.24, 2.45) is 0 Å². The molecule has 7 heteroatoms. The molecular weight excluding hydrogens is 258 g/mol. The van der Waals surface area contributed by atoms with Crippen LogP contribution in [0.25, 0.3) is 0 Å². The fourth-order valence-electron chi connectivity index (χ4n) is 1.33. The Morgan fingerprint density at radius 3 is 2.33 bits per heavy atom. The molecule has 0 aliphatic carbocycles. The predicted molar refractivity (Wildman–Crippen MR) is 68.1 cm³/mol. The van der Waals surface area contributed by atoms with Gasteiger partial charge in [0.2, 0.25) is 5.91 Å². The summed E-state index contributed by atoms with van der Waals surface area (Å²) < 4.78 is 23.1. The van der Waals surface area contributed by atoms with Crippen molar-refractivity contribution >= 4 is 21.7 Å². The van der Waals surface area contributed by atoms with E-state index in [2.05, 4.69) is 0 Å². The fourth-order valence-corrected chi connectivity index (χ4v) is 2.66. The normalized spacial score (nSPS) is 11.2. The van der Waals surface area contributed by atoms with E-state index in [1.807, 2.05) is 6.92 Å². The van der Waals surface area contributed by atoms with E-state index in [0.29, 0.717) is 6.54 Å². The Hall–Kier alpha value is -1.11. The summed E-state index contributed by atoms with van der Waals surface area (Å²) in [5.74, 6) is -2.25. The Labute approximate surface area is 108 Å². The minimum Gasteiger partial charge on any atom is -0.481 e. The molecule has 0 aromatic rings. The van der Waals surface area contributed by atoms with E-state index in [1.54, 1.807) is 7.05 Å². The molecule has 0 spiro atoms. The monoisotopic (exact) mass is 279 g/mol. The third kappa shape index (κ3) is 8.05. The first kappa shape index (κ1) is 16.9. The minimum absolute atomic E-state index is 0.0453. The highest BCUT2D eigenvalue weighted by atomic mass is 32.2. The van der Waals surface area contributed by atoms with Gasteiger partial charge in [-0.05, 0) is 12.8 Å². The summed E-state index contributed by atoms with van der Waals surface area (Å²) in [7, 11) is -1.93. The van der Waals surface area contributed by atoms with Crippen LogP contribution in [0, 0.1) is 0 Å². The Bertz CT molecular complexity index is 377. The average molecular weight is 279 g/mol. The van der Waals surface area contributed by atoms with Crippen LogP contribution < -0.4 is 0 Å². The number of aliphatic carboxylic acids is 1. The van der Waals surface area contributed by atoms with Crippen molar-refractivity contribution in [3.8, 4) is 0 Å². The van der Waals surface area contributed by atoms with Crippen LogP contribution in [0.1, 0.15) is 32.6 Å². The molecule has 0 aliphatic heterocycles. The van der Waals surface area contributed by atoms with Gasteiger partial charge >= 0.3 is 5.97 Å². The van der Waals surface area contributed by atoms with Crippen LogP contribution >= 0.6 is 0 Å². The number of carbonyl (C=O) groups excluding carboxylic acids is 1. The lowest BCUT2D eigenvalue weighted by Gasteiger charge is -2.16. The summed E-state index contributed by atoms with van der Waals surface area (Å²) >= 11 is 0. The van der Waals surface area contributed by atoms with Gasteiger partial charge in [-0.25, -0.2) is 8.42 Å². The van der Waals surface area contributed by atoms with Crippen molar-refractivity contribution in [1.82, 2.24) is 4.90 Å². The van der Waals surface area contributed by atoms with Crippen molar-refractivity contribution in [3.63, 3.8) is 0 Å². The van der Waals surface area contributed by atoms with E-state index >= 15 is 0 Å². The molecule has 0 heterocycles. The first-order valence-corrected chi connectivity index (χ1v) is 7.77. The van der Waals surface area contributed by atoms with Crippen LogP contribution in [-0.4, -0.2) is 55.4 Å². The molecule has 0 radical (unpaired) electrons. The van der Waals surface area contributed by atoms with Crippen LogP contribution in [0.4, 0.5) is 0 Å². The molecule has 0 bridgehead atoms. The second kappa shape index (κ2) is 8.07. The molecule has 0 aromatic carbocycles. The van der Waals surface area contributed by atoms with Gasteiger partial charge in [0.25, 0.3) is 0 Å². The summed E-state index contributed by atoms with van der Waals surface area (Å²) in [6.45, 7) is 2.53. The predicted octanol–water partition coefficient (Wildman–Crippen LogP) is 0.524. The molecule has 18 heavy (non-hydrogen) atoms. The number of sulfone groups is 1. The number of carboxylic acid groups (broad SMARTS) is 1. The zero-order valence-electron chi connectivity index (χ0n) is 10.9. The van der Waals surface area contributed by atoms with Gasteiger partial charge in [0.1, 0.15) is 5.75 Å². The van der Waals surface area contributed by atoms with E-state index in [1.165, 1.54) is 4.90 Å². The number of carboxylic acids is 1. The number of nitrogens with zero attached hydrogens (tertiary/aromatic N) is 1. The van der Waals surface area contributed by atoms with E-state index < -0.39 is 27.5 Å². The number of unbranched alkanes of at least 4 members (excludes halogenated alkanes) is 1. The smallest absolute Gasteiger partial charge is 0.303 e. The summed E-state index contributed by atoms with van der Waals surface area (Å²) in [6, 6.07) is 0. The third-order valence-corrected chi connectivity index (χ3v) is 4.06. The first-order chi connectivity index (χ1) is 8.28. The molecule has 0 aliphatic rings. The minimum atomic E-state index is -3.50. The van der Waals surface area contributed by atoms with Crippen LogP contribution in [0.15, 0.2) is 0 Å². The number of hydrogen-bond donors (Lipinski definition) is 1. The van der Waals surface area contributed by atoms with Gasteiger partial charge < -0.3 is 10.0 Å². The Morgan fingerprint density at radius 2 is 1.83 bits per heavy atom. The van der Waals surface area contributed by atoms with Crippen molar-refractivity contribution in [3.05, 3.63) is 0 Å². The molecule has 0 saturated heterocycles. The first-order valence-electron chi connectivity index (χ1n) is 5.94. The largest absolute Gasteiger partial charge is 0.481 e. The highest BCUT2D eigenvalue weighted by Crippen LogP contribution is 2.01. The van der Waals surface area contributed by atoms with Crippen molar-refractivity contribution in [1.29, 1.82) is 0 Å². The maximum Gasteiger partial charge on any atom is 0.303 e. The maximum absolute atomic E-state index is 11.6. The number of hydrogen-bond acceptors (Lipinski definition) is 4. The Balaban J connectivity index is 4.14. The standard InChI is InChI=1S/C11H21NO5S/c1-3-4-7-12(2)10(13)9-18(16,17)8-5-6-11(14)15/h3-9H2,1-2H3,(H,14,15). The summed E-state index contributed by atoms with van der Waals surface area (Å²) in [4.78, 5) is 23.3. The molecule has 6 nitrogen and oxygen atoms in total. The van der Waals surface area contributed by atoms with Gasteiger partial charge in [-0.15, -0.1) is 0 Å². The SMILES string of the molecule is CCCCN(C)C(=O)CS(=O)(=O)CCCC(=O)O. The second-order valence-corrected chi connectivity index (χ2v) is 6.44. The van der Waals surface area contributed by atoms with Gasteiger partial charge in [-0.2, -0.15) is 0 Å². The number of rotatable bonds is 9. The quantitative estimate of drug-likeness (QED) is 0.664. The van der Waals surface area contributed by atoms with Crippen LogP contribution in [0.5, 0.6) is 0 Å². The average Bonchev–Trinajstić information content (AvgIpc) is 2.24. The van der Waals surface area contributed by atoms with Crippen LogP contribution in [0.3, 0.4) is 0 Å². The van der Waals surface area contributed by atoms with Gasteiger partial charge in [-0.3, -0.25) is 9.59 Å². The van der Waals surface area contributed by atoms with Gasteiger partial charge in [0.15, 0.2) is 9.84 Å². The second-order valence-electron chi connectivity index (χ2n) is 4.26. The molecule has 0 unspecified atom stereocenters. The number of amides is 1. The van der Waals surface area contributed by atoms with E-state index in [-0.39, 0.29) is 18.6 Å². The highest BCUT2D eigenvalue weighted by molar-refractivity contribution is 7.92. The zero-order chi connectivity index (χ0) is 14.2. The molecule has 0 saturated carbocycles. The fraction of sp³-hybridized carbons (Fsp3) is 0.818. The zero-order valence-corrected chi connectivity index (χ0v) is 11.7. The Kier molecular flexibility index (Phi) is 7.58. The van der Waals surface area contributed by atoms with E-state index in [9.17, 15) is 18.0 Å². The van der Waals surface area contributed by atoms with Gasteiger partial charge in [-0.1, -0.05) is 13.3 Å². The van der Waals surface area contributed by atoms with E-state index in [0.717, 1.165) is 12.8 Å². The van der Waals surface area contributed by atoms with Crippen molar-refractivity contribution in [2.45, 2.75) is 32.6 Å². The van der Waals surface area contributed by atoms with Crippen LogP contribution in [0.2, 0.25) is 0 Å². The molecule has 0 aromatic heterocycles. The molecule has 1 amide bonds. The number of carbonyl (C=O) groups is 2. The van der Waals surface area contributed by atoms with Crippen molar-refractivity contribution < 1.29 is 23.1 Å². The lowest BCUT2D eigenvalue weighted by atomic mass is 10.3. The lowest BCUT2D eigenvalue weighted by molar-refractivity contribution is -0.137. The third-order valence-electron chi connectivity index (χ3n) is 2.46. The van der Waals surface area contributed by atoms with E-state index in [4.69, 9.17) is 5.11 Å². The van der Waals surface area contributed by atoms with Crippen molar-refractivity contribution in [2.75, 3.05) is 25.1 Å². The highest BCUT2D eigenvalue weighted by Gasteiger charge is 2.19. The molecular formula is C11H21NO5S. The lowest BCUT2D eigenvalue weighted by Crippen LogP contribution is -2.34.